The second-order valence-electron chi connectivity index (χ2n) is 3.47. The summed E-state index contributed by atoms with van der Waals surface area (Å²) in [6.45, 7) is 4.45. The highest BCUT2D eigenvalue weighted by Crippen LogP contribution is 2.36. The lowest BCUT2D eigenvalue weighted by molar-refractivity contribution is -0.134. The molecule has 0 unspecified atom stereocenters. The van der Waals surface area contributed by atoms with Crippen molar-refractivity contribution < 1.29 is 18.0 Å². The lowest BCUT2D eigenvalue weighted by Crippen LogP contribution is -2.37. The average molecular weight is 281 g/mol. The van der Waals surface area contributed by atoms with Crippen LogP contribution in [0.4, 0.5) is 18.3 Å². The Morgan fingerprint density at radius 2 is 2.17 bits per heavy atom. The zero-order valence-corrected chi connectivity index (χ0v) is 10.9. The van der Waals surface area contributed by atoms with Crippen LogP contribution in [0, 0.1) is 0 Å². The summed E-state index contributed by atoms with van der Waals surface area (Å²) in [5, 5.41) is 2.80. The van der Waals surface area contributed by atoms with Gasteiger partial charge < -0.3 is 10.2 Å². The van der Waals surface area contributed by atoms with Crippen LogP contribution < -0.4 is 10.2 Å². The molecule has 1 N–H and O–H groups in total. The van der Waals surface area contributed by atoms with Crippen molar-refractivity contribution in [1.29, 1.82) is 0 Å². The number of nitrogens with zero attached hydrogens (tertiary/aromatic N) is 2. The van der Waals surface area contributed by atoms with Gasteiger partial charge in [0.25, 0.3) is 0 Å². The summed E-state index contributed by atoms with van der Waals surface area (Å²) < 4.78 is 37.3. The Hall–Kier alpha value is -1.31. The number of nitrogens with one attached hydrogen (secondary N) is 1. The topological polar surface area (TPSA) is 45.2 Å². The first-order chi connectivity index (χ1) is 8.38. The molecule has 0 saturated heterocycles. The van der Waals surface area contributed by atoms with Crippen LogP contribution >= 0.6 is 11.3 Å². The van der Waals surface area contributed by atoms with Crippen molar-refractivity contribution in [2.75, 3.05) is 24.5 Å². The molecule has 0 bridgehead atoms. The van der Waals surface area contributed by atoms with Gasteiger partial charge in [0.2, 0.25) is 5.91 Å². The van der Waals surface area contributed by atoms with Crippen molar-refractivity contribution in [3.05, 3.63) is 11.1 Å². The first-order valence-corrected chi connectivity index (χ1v) is 6.24. The van der Waals surface area contributed by atoms with Crippen molar-refractivity contribution in [3.63, 3.8) is 0 Å². The molecule has 0 spiro atoms. The molecule has 0 saturated carbocycles. The summed E-state index contributed by atoms with van der Waals surface area (Å²) in [5.74, 6) is -0.233. The first kappa shape index (κ1) is 14.7. The van der Waals surface area contributed by atoms with Crippen LogP contribution in [-0.2, 0) is 11.0 Å². The van der Waals surface area contributed by atoms with Gasteiger partial charge in [-0.3, -0.25) is 4.79 Å². The number of amides is 1. The largest absolute Gasteiger partial charge is 0.427 e. The summed E-state index contributed by atoms with van der Waals surface area (Å²) >= 11 is 0.542. The maximum absolute atomic E-state index is 12.4. The molecule has 1 rings (SSSR count). The molecule has 0 atom stereocenters. The summed E-state index contributed by atoms with van der Waals surface area (Å²) in [6, 6.07) is 0. The van der Waals surface area contributed by atoms with Crippen LogP contribution in [0.25, 0.3) is 0 Å². The van der Waals surface area contributed by atoms with Gasteiger partial charge >= 0.3 is 6.18 Å². The van der Waals surface area contributed by atoms with Crippen LogP contribution in [0.15, 0.2) is 6.20 Å². The standard InChI is InChI=1S/C10H14F3N3OS/c1-3-14-8(17)6-16(4-2)9-15-5-7(18-9)10(11,12)13/h5H,3-4,6H2,1-2H3,(H,14,17). The number of carbonyl (C=O) groups excluding carboxylic acids is 1. The Morgan fingerprint density at radius 1 is 1.50 bits per heavy atom. The molecule has 0 aliphatic rings. The van der Waals surface area contributed by atoms with E-state index in [1.807, 2.05) is 0 Å². The van der Waals surface area contributed by atoms with Gasteiger partial charge in [0.15, 0.2) is 5.13 Å². The van der Waals surface area contributed by atoms with Crippen molar-refractivity contribution in [3.8, 4) is 0 Å². The smallest absolute Gasteiger partial charge is 0.355 e. The van der Waals surface area contributed by atoms with Crippen molar-refractivity contribution in [2.45, 2.75) is 20.0 Å². The number of thiazole rings is 1. The van der Waals surface area contributed by atoms with E-state index in [9.17, 15) is 18.0 Å². The Balaban J connectivity index is 2.77. The highest BCUT2D eigenvalue weighted by Gasteiger charge is 2.33. The highest BCUT2D eigenvalue weighted by molar-refractivity contribution is 7.15. The van der Waals surface area contributed by atoms with Crippen LogP contribution in [0.2, 0.25) is 0 Å². The van der Waals surface area contributed by atoms with Gasteiger partial charge in [-0.2, -0.15) is 13.2 Å². The quantitative estimate of drug-likeness (QED) is 0.899. The number of rotatable bonds is 5. The van der Waals surface area contributed by atoms with E-state index in [1.54, 1.807) is 13.8 Å². The minimum absolute atomic E-state index is 0.00908. The molecule has 1 heterocycles. The van der Waals surface area contributed by atoms with Crippen molar-refractivity contribution in [1.82, 2.24) is 10.3 Å². The van der Waals surface area contributed by atoms with Gasteiger partial charge in [-0.05, 0) is 13.8 Å². The fourth-order valence-electron chi connectivity index (χ4n) is 1.28. The second-order valence-corrected chi connectivity index (χ2v) is 4.48. The number of carbonyl (C=O) groups is 1. The van der Waals surface area contributed by atoms with E-state index in [0.29, 0.717) is 24.4 Å². The second kappa shape index (κ2) is 6.03. The molecule has 18 heavy (non-hydrogen) atoms. The minimum atomic E-state index is -4.39. The van der Waals surface area contributed by atoms with E-state index in [0.717, 1.165) is 6.20 Å². The average Bonchev–Trinajstić information content (AvgIpc) is 2.75. The van der Waals surface area contributed by atoms with Gasteiger partial charge in [0, 0.05) is 13.1 Å². The maximum Gasteiger partial charge on any atom is 0.427 e. The predicted octanol–water partition coefficient (Wildman–Crippen LogP) is 2.12. The van der Waals surface area contributed by atoms with Crippen LogP contribution in [0.5, 0.6) is 0 Å². The number of anilines is 1. The van der Waals surface area contributed by atoms with E-state index in [1.165, 1.54) is 4.90 Å². The molecule has 1 amide bonds. The monoisotopic (exact) mass is 281 g/mol. The number of hydrogen-bond donors (Lipinski definition) is 1. The maximum atomic E-state index is 12.4. The van der Waals surface area contributed by atoms with Crippen LogP contribution in [0.1, 0.15) is 18.7 Å². The molecule has 8 heteroatoms. The van der Waals surface area contributed by atoms with Gasteiger partial charge in [-0.25, -0.2) is 4.98 Å². The number of halogens is 3. The molecule has 0 fully saturated rings. The van der Waals surface area contributed by atoms with E-state index in [2.05, 4.69) is 10.3 Å². The summed E-state index contributed by atoms with van der Waals surface area (Å²) in [7, 11) is 0. The van der Waals surface area contributed by atoms with E-state index < -0.39 is 11.1 Å². The minimum Gasteiger partial charge on any atom is -0.355 e. The van der Waals surface area contributed by atoms with E-state index >= 15 is 0 Å². The fourth-order valence-corrected chi connectivity index (χ4v) is 2.13. The van der Waals surface area contributed by atoms with E-state index in [-0.39, 0.29) is 17.6 Å². The summed E-state index contributed by atoms with van der Waals surface area (Å²) in [5.41, 5.74) is 0. The molecule has 0 radical (unpaired) electrons. The number of likely N-dealkylation sites (N-methyl/N-ethyl adjacent to an activating group) is 2. The molecule has 0 aliphatic heterocycles. The Bertz CT molecular complexity index is 405. The normalized spacial score (nSPS) is 11.4. The van der Waals surface area contributed by atoms with Gasteiger partial charge in [-0.15, -0.1) is 0 Å². The summed E-state index contributed by atoms with van der Waals surface area (Å²) in [4.78, 5) is 15.8. The van der Waals surface area contributed by atoms with Gasteiger partial charge in [0.05, 0.1) is 12.7 Å². The SMILES string of the molecule is CCNC(=O)CN(CC)c1ncc(C(F)(F)F)s1. The number of aromatic nitrogens is 1. The summed E-state index contributed by atoms with van der Waals surface area (Å²) in [6.07, 6.45) is -3.60. The lowest BCUT2D eigenvalue weighted by atomic mass is 10.5. The Morgan fingerprint density at radius 3 is 2.61 bits per heavy atom. The fraction of sp³-hybridized carbons (Fsp3) is 0.600. The molecule has 102 valence electrons. The molecule has 0 aliphatic carbocycles. The van der Waals surface area contributed by atoms with Crippen LogP contribution in [-0.4, -0.2) is 30.5 Å². The number of hydrogen-bond acceptors (Lipinski definition) is 4. The van der Waals surface area contributed by atoms with Crippen LogP contribution in [0.3, 0.4) is 0 Å². The van der Waals surface area contributed by atoms with Crippen molar-refractivity contribution >= 4 is 22.4 Å². The molecule has 0 aromatic carbocycles. The third-order valence-electron chi connectivity index (χ3n) is 2.13. The highest BCUT2D eigenvalue weighted by atomic mass is 32.1. The van der Waals surface area contributed by atoms with E-state index in [4.69, 9.17) is 0 Å². The Labute approximate surface area is 107 Å². The molecular weight excluding hydrogens is 267 g/mol. The molecule has 1 aromatic rings. The Kier molecular flexibility index (Phi) is 4.94. The zero-order valence-electron chi connectivity index (χ0n) is 10.0. The van der Waals surface area contributed by atoms with Gasteiger partial charge in [0.1, 0.15) is 4.88 Å². The molecular formula is C10H14F3N3OS. The lowest BCUT2D eigenvalue weighted by Gasteiger charge is -2.18. The van der Waals surface area contributed by atoms with Gasteiger partial charge in [-0.1, -0.05) is 11.3 Å². The number of alkyl halides is 3. The third kappa shape index (κ3) is 3.86. The predicted molar refractivity (Wildman–Crippen MR) is 63.7 cm³/mol. The first-order valence-electron chi connectivity index (χ1n) is 5.43. The molecule has 1 aromatic heterocycles. The zero-order chi connectivity index (χ0) is 13.8. The molecule has 4 nitrogen and oxygen atoms in total. The third-order valence-corrected chi connectivity index (χ3v) is 3.24. The van der Waals surface area contributed by atoms with Crippen molar-refractivity contribution in [2.24, 2.45) is 0 Å².